The Bertz CT molecular complexity index is 636. The van der Waals surface area contributed by atoms with Crippen LogP contribution in [0.2, 0.25) is 0 Å². The number of benzene rings is 2. The van der Waals surface area contributed by atoms with Crippen molar-refractivity contribution in [1.82, 2.24) is 0 Å². The highest BCUT2D eigenvalue weighted by atomic mass is 16.5. The number of rotatable bonds is 11. The molecule has 0 aliphatic carbocycles. The summed E-state index contributed by atoms with van der Waals surface area (Å²) in [5.41, 5.74) is 2.46. The van der Waals surface area contributed by atoms with E-state index in [9.17, 15) is 0 Å². The van der Waals surface area contributed by atoms with Gasteiger partial charge in [-0.15, -0.1) is 0 Å². The first-order chi connectivity index (χ1) is 13.4. The van der Waals surface area contributed by atoms with Gasteiger partial charge in [0.05, 0.1) is 12.2 Å². The van der Waals surface area contributed by atoms with Crippen molar-refractivity contribution in [3.8, 4) is 11.5 Å². The van der Waals surface area contributed by atoms with Crippen molar-refractivity contribution in [3.63, 3.8) is 0 Å². The van der Waals surface area contributed by atoms with Crippen molar-refractivity contribution in [3.05, 3.63) is 59.7 Å². The molecule has 2 aromatic rings. The van der Waals surface area contributed by atoms with Crippen LogP contribution in [0.15, 0.2) is 48.5 Å². The molecule has 0 spiro atoms. The van der Waals surface area contributed by atoms with Crippen molar-refractivity contribution in [2.24, 2.45) is 0 Å². The van der Waals surface area contributed by atoms with Crippen molar-refractivity contribution in [1.29, 1.82) is 0 Å². The molecule has 154 valence electrons. The summed E-state index contributed by atoms with van der Waals surface area (Å²) < 4.78 is 22.0. The Morgan fingerprint density at radius 2 is 1.07 bits per heavy atom. The minimum atomic E-state index is -0.0727. The topological polar surface area (TPSA) is 36.9 Å². The van der Waals surface area contributed by atoms with Gasteiger partial charge in [0.25, 0.3) is 0 Å². The highest BCUT2D eigenvalue weighted by Gasteiger charge is 2.27. The van der Waals surface area contributed by atoms with Crippen LogP contribution in [-0.2, 0) is 14.9 Å². The lowest BCUT2D eigenvalue weighted by Crippen LogP contribution is -2.22. The molecule has 0 radical (unpaired) electrons. The Balaban J connectivity index is 2.11. The van der Waals surface area contributed by atoms with E-state index in [-0.39, 0.29) is 17.6 Å². The van der Waals surface area contributed by atoms with Gasteiger partial charge in [0, 0.05) is 19.6 Å². The molecule has 2 rings (SSSR count). The molecule has 0 aliphatic heterocycles. The normalized spacial score (nSPS) is 15.5. The van der Waals surface area contributed by atoms with Gasteiger partial charge in [0.1, 0.15) is 24.7 Å². The predicted molar refractivity (Wildman–Crippen MR) is 114 cm³/mol. The van der Waals surface area contributed by atoms with Crippen LogP contribution >= 0.6 is 0 Å². The van der Waals surface area contributed by atoms with E-state index in [1.165, 1.54) is 11.1 Å². The fourth-order valence-electron chi connectivity index (χ4n) is 2.98. The summed E-state index contributed by atoms with van der Waals surface area (Å²) in [6.07, 6.45) is 1.15. The fraction of sp³-hybridized carbons (Fsp3) is 0.500. The van der Waals surface area contributed by atoms with Crippen LogP contribution in [-0.4, -0.2) is 39.6 Å². The van der Waals surface area contributed by atoms with E-state index >= 15 is 0 Å². The van der Waals surface area contributed by atoms with Crippen LogP contribution in [0.5, 0.6) is 11.5 Å². The average Bonchev–Trinajstić information content (AvgIpc) is 2.75. The second-order valence-electron chi connectivity index (χ2n) is 7.45. The van der Waals surface area contributed by atoms with E-state index in [1.54, 1.807) is 14.2 Å². The number of ether oxygens (including phenoxy) is 4. The highest BCUT2D eigenvalue weighted by molar-refractivity contribution is 5.42. The van der Waals surface area contributed by atoms with Gasteiger partial charge < -0.3 is 18.9 Å². The molecule has 0 N–H and O–H groups in total. The van der Waals surface area contributed by atoms with Crippen LogP contribution < -0.4 is 9.47 Å². The van der Waals surface area contributed by atoms with Crippen LogP contribution in [0.4, 0.5) is 0 Å². The van der Waals surface area contributed by atoms with Gasteiger partial charge in [-0.05, 0) is 55.7 Å². The van der Waals surface area contributed by atoms with Crippen molar-refractivity contribution >= 4 is 0 Å². The van der Waals surface area contributed by atoms with Gasteiger partial charge in [-0.2, -0.15) is 0 Å². The monoisotopic (exact) mass is 386 g/mol. The van der Waals surface area contributed by atoms with Crippen molar-refractivity contribution in [2.75, 3.05) is 27.4 Å². The van der Waals surface area contributed by atoms with E-state index in [4.69, 9.17) is 18.9 Å². The molecule has 2 atom stereocenters. The Hall–Kier alpha value is -2.04. The molecule has 0 saturated heterocycles. The van der Waals surface area contributed by atoms with E-state index in [0.29, 0.717) is 13.2 Å². The lowest BCUT2D eigenvalue weighted by Gasteiger charge is -2.30. The maximum Gasteiger partial charge on any atom is 0.119 e. The number of hydrogen-bond acceptors (Lipinski definition) is 4. The average molecular weight is 387 g/mol. The SMILES string of the molecule is CCC(C)(c1ccc(OCC(C)OC)cc1)c1ccc(OCC(C)OC)cc1. The maximum absolute atomic E-state index is 5.79. The third-order valence-electron chi connectivity index (χ3n) is 5.46. The summed E-state index contributed by atoms with van der Waals surface area (Å²) in [5.74, 6) is 1.73. The molecule has 4 heteroatoms. The summed E-state index contributed by atoms with van der Waals surface area (Å²) in [6.45, 7) is 9.57. The summed E-state index contributed by atoms with van der Waals surface area (Å²) in [7, 11) is 3.39. The zero-order valence-corrected chi connectivity index (χ0v) is 18.0. The summed E-state index contributed by atoms with van der Waals surface area (Å²) >= 11 is 0. The van der Waals surface area contributed by atoms with Crippen LogP contribution in [0.1, 0.15) is 45.2 Å². The molecule has 0 heterocycles. The molecule has 4 nitrogen and oxygen atoms in total. The number of hydrogen-bond donors (Lipinski definition) is 0. The smallest absolute Gasteiger partial charge is 0.119 e. The van der Waals surface area contributed by atoms with E-state index in [2.05, 4.69) is 38.1 Å². The third-order valence-corrected chi connectivity index (χ3v) is 5.46. The predicted octanol–water partition coefficient (Wildman–Crippen LogP) is 5.23. The van der Waals surface area contributed by atoms with E-state index in [1.807, 2.05) is 38.1 Å². The fourth-order valence-corrected chi connectivity index (χ4v) is 2.98. The minimum Gasteiger partial charge on any atom is -0.491 e. The molecule has 2 unspecified atom stereocenters. The van der Waals surface area contributed by atoms with Gasteiger partial charge in [0.15, 0.2) is 0 Å². The third kappa shape index (κ3) is 5.73. The van der Waals surface area contributed by atoms with E-state index < -0.39 is 0 Å². The molecular weight excluding hydrogens is 352 g/mol. The molecule has 0 aromatic heterocycles. The Kier molecular flexibility index (Phi) is 8.34. The molecule has 0 aliphatic rings. The first-order valence-corrected chi connectivity index (χ1v) is 9.95. The molecular formula is C24H34O4. The summed E-state index contributed by atoms with van der Waals surface area (Å²) in [6, 6.07) is 16.8. The second kappa shape index (κ2) is 10.5. The Morgan fingerprint density at radius 1 is 0.714 bits per heavy atom. The Labute approximate surface area is 169 Å². The van der Waals surface area contributed by atoms with Gasteiger partial charge in [-0.3, -0.25) is 0 Å². The molecule has 28 heavy (non-hydrogen) atoms. The largest absolute Gasteiger partial charge is 0.491 e. The number of methoxy groups -OCH3 is 2. The van der Waals surface area contributed by atoms with Gasteiger partial charge in [-0.1, -0.05) is 38.1 Å². The first kappa shape index (κ1) is 22.3. The molecule has 0 fully saturated rings. The lowest BCUT2D eigenvalue weighted by molar-refractivity contribution is 0.0716. The van der Waals surface area contributed by atoms with Crippen molar-refractivity contribution < 1.29 is 18.9 Å². The van der Waals surface area contributed by atoms with E-state index in [0.717, 1.165) is 17.9 Å². The first-order valence-electron chi connectivity index (χ1n) is 9.95. The van der Waals surface area contributed by atoms with Crippen LogP contribution in [0.3, 0.4) is 0 Å². The van der Waals surface area contributed by atoms with Crippen LogP contribution in [0, 0.1) is 0 Å². The quantitative estimate of drug-likeness (QED) is 0.530. The van der Waals surface area contributed by atoms with Crippen LogP contribution in [0.25, 0.3) is 0 Å². The van der Waals surface area contributed by atoms with Crippen molar-refractivity contribution in [2.45, 2.75) is 51.7 Å². The lowest BCUT2D eigenvalue weighted by atomic mass is 9.74. The standard InChI is InChI=1S/C24H34O4/c1-7-24(4,20-8-12-22(13-9-20)27-16-18(2)25-5)21-10-14-23(15-11-21)28-17-19(3)26-6/h8-15,18-19H,7,16-17H2,1-6H3. The zero-order valence-electron chi connectivity index (χ0n) is 18.0. The Morgan fingerprint density at radius 3 is 1.36 bits per heavy atom. The zero-order chi connectivity index (χ0) is 20.6. The summed E-state index contributed by atoms with van der Waals surface area (Å²) in [5, 5.41) is 0. The van der Waals surface area contributed by atoms with Gasteiger partial charge in [-0.25, -0.2) is 0 Å². The molecule has 0 saturated carbocycles. The molecule has 2 aromatic carbocycles. The van der Waals surface area contributed by atoms with Gasteiger partial charge >= 0.3 is 0 Å². The van der Waals surface area contributed by atoms with Gasteiger partial charge in [0.2, 0.25) is 0 Å². The summed E-state index contributed by atoms with van der Waals surface area (Å²) in [4.78, 5) is 0. The minimum absolute atomic E-state index is 0.0727. The second-order valence-corrected chi connectivity index (χ2v) is 7.45. The highest BCUT2D eigenvalue weighted by Crippen LogP contribution is 2.36. The maximum atomic E-state index is 5.79. The molecule has 0 amide bonds. The molecule has 0 bridgehead atoms.